The van der Waals surface area contributed by atoms with E-state index in [-0.39, 0.29) is 5.97 Å². The summed E-state index contributed by atoms with van der Waals surface area (Å²) >= 11 is 0. The van der Waals surface area contributed by atoms with Gasteiger partial charge in [-0.2, -0.15) is 0 Å². The van der Waals surface area contributed by atoms with E-state index in [2.05, 4.69) is 25.5 Å². The zero-order chi connectivity index (χ0) is 11.6. The van der Waals surface area contributed by atoms with E-state index in [0.717, 1.165) is 24.0 Å². The maximum absolute atomic E-state index is 11.3. The number of rotatable bonds is 4. The summed E-state index contributed by atoms with van der Waals surface area (Å²) in [4.78, 5) is 11.3. The number of ether oxygens (including phenoxy) is 1. The molecule has 0 spiro atoms. The van der Waals surface area contributed by atoms with Crippen LogP contribution in [0.1, 0.15) is 40.5 Å². The number of methoxy groups -OCH3 is 1. The normalized spacial score (nSPS) is 15.9. The summed E-state index contributed by atoms with van der Waals surface area (Å²) in [6, 6.07) is 0. The number of allylic oxidation sites excluding steroid dienone is 2. The highest BCUT2D eigenvalue weighted by atomic mass is 16.5. The van der Waals surface area contributed by atoms with Crippen molar-refractivity contribution in [2.45, 2.75) is 40.5 Å². The smallest absolute Gasteiger partial charge is 0.338 e. The van der Waals surface area contributed by atoms with Gasteiger partial charge in [-0.05, 0) is 36.0 Å². The van der Waals surface area contributed by atoms with E-state index in [1.165, 1.54) is 12.7 Å². The van der Waals surface area contributed by atoms with Crippen LogP contribution >= 0.6 is 0 Å². The van der Waals surface area contributed by atoms with Gasteiger partial charge in [-0.3, -0.25) is 0 Å². The summed E-state index contributed by atoms with van der Waals surface area (Å²) in [5.74, 6) is -0.217. The van der Waals surface area contributed by atoms with Crippen molar-refractivity contribution in [3.05, 3.63) is 22.8 Å². The molecule has 0 amide bonds. The van der Waals surface area contributed by atoms with Crippen LogP contribution in [0.25, 0.3) is 0 Å². The fourth-order valence-corrected chi connectivity index (χ4v) is 1.63. The van der Waals surface area contributed by atoms with Crippen molar-refractivity contribution >= 4 is 5.97 Å². The topological polar surface area (TPSA) is 26.3 Å². The van der Waals surface area contributed by atoms with Crippen LogP contribution in [0.15, 0.2) is 22.8 Å². The van der Waals surface area contributed by atoms with Gasteiger partial charge in [-0.1, -0.05) is 27.2 Å². The van der Waals surface area contributed by atoms with Crippen LogP contribution < -0.4 is 0 Å². The second-order valence-electron chi connectivity index (χ2n) is 4.89. The quantitative estimate of drug-likeness (QED) is 0.663. The third-order valence-electron chi connectivity index (χ3n) is 3.24. The molecule has 15 heavy (non-hydrogen) atoms. The molecule has 0 aromatic heterocycles. The largest absolute Gasteiger partial charge is 0.465 e. The molecule has 0 N–H and O–H groups in total. The van der Waals surface area contributed by atoms with Crippen molar-refractivity contribution in [2.75, 3.05) is 7.11 Å². The van der Waals surface area contributed by atoms with Gasteiger partial charge in [-0.25, -0.2) is 4.79 Å². The predicted molar refractivity (Wildman–Crippen MR) is 61.5 cm³/mol. The molecule has 0 saturated heterocycles. The van der Waals surface area contributed by atoms with Crippen LogP contribution in [0, 0.1) is 5.41 Å². The molecule has 0 aliphatic heterocycles. The Bertz CT molecular complexity index is 332. The van der Waals surface area contributed by atoms with Crippen molar-refractivity contribution in [1.29, 1.82) is 0 Å². The Morgan fingerprint density at radius 3 is 2.47 bits per heavy atom. The summed E-state index contributed by atoms with van der Waals surface area (Å²) in [7, 11) is 1.42. The summed E-state index contributed by atoms with van der Waals surface area (Å²) in [5.41, 5.74) is 3.44. The Labute approximate surface area is 92.0 Å². The first-order valence-electron chi connectivity index (χ1n) is 5.41. The number of esters is 1. The van der Waals surface area contributed by atoms with Gasteiger partial charge in [0.1, 0.15) is 0 Å². The van der Waals surface area contributed by atoms with Crippen molar-refractivity contribution < 1.29 is 9.53 Å². The summed E-state index contributed by atoms with van der Waals surface area (Å²) in [6.07, 6.45) is 4.14. The first kappa shape index (κ1) is 12.0. The first-order chi connectivity index (χ1) is 6.91. The number of hydrogen-bond acceptors (Lipinski definition) is 2. The van der Waals surface area contributed by atoms with Crippen molar-refractivity contribution in [1.82, 2.24) is 0 Å². The number of carbonyl (C=O) groups excluding carboxylic acids is 1. The predicted octanol–water partition coefficient (Wildman–Crippen LogP) is 3.24. The van der Waals surface area contributed by atoms with Gasteiger partial charge in [0.25, 0.3) is 0 Å². The van der Waals surface area contributed by atoms with Gasteiger partial charge in [0, 0.05) is 0 Å². The SMILES string of the molecule is CCC(C)(C)CC1=CC(C(=O)OC)=C1C. The molecule has 0 aromatic carbocycles. The van der Waals surface area contributed by atoms with Crippen LogP contribution in [-0.4, -0.2) is 13.1 Å². The summed E-state index contributed by atoms with van der Waals surface area (Å²) in [5, 5.41) is 0. The highest BCUT2D eigenvalue weighted by molar-refractivity contribution is 5.96. The van der Waals surface area contributed by atoms with E-state index < -0.39 is 0 Å². The maximum atomic E-state index is 11.3. The Hall–Kier alpha value is -1.05. The summed E-state index contributed by atoms with van der Waals surface area (Å²) in [6.45, 7) is 8.68. The van der Waals surface area contributed by atoms with Crippen molar-refractivity contribution in [3.8, 4) is 0 Å². The Kier molecular flexibility index (Phi) is 3.38. The van der Waals surface area contributed by atoms with Gasteiger partial charge < -0.3 is 4.74 Å². The van der Waals surface area contributed by atoms with E-state index in [4.69, 9.17) is 0 Å². The lowest BCUT2D eigenvalue weighted by Gasteiger charge is -2.29. The molecule has 0 unspecified atom stereocenters. The lowest BCUT2D eigenvalue weighted by molar-refractivity contribution is -0.135. The van der Waals surface area contributed by atoms with E-state index in [0.29, 0.717) is 5.41 Å². The molecule has 0 saturated carbocycles. The van der Waals surface area contributed by atoms with Crippen LogP contribution in [0.2, 0.25) is 0 Å². The van der Waals surface area contributed by atoms with Crippen LogP contribution in [0.4, 0.5) is 0 Å². The molecule has 1 aliphatic rings. The third kappa shape index (κ3) is 2.49. The molecule has 84 valence electrons. The molecule has 2 heteroatoms. The Balaban J connectivity index is 2.63. The highest BCUT2D eigenvalue weighted by Gasteiger charge is 2.26. The minimum atomic E-state index is -0.217. The van der Waals surface area contributed by atoms with Gasteiger partial charge in [0.2, 0.25) is 0 Å². The average molecular weight is 208 g/mol. The molecule has 0 aromatic rings. The van der Waals surface area contributed by atoms with E-state index in [9.17, 15) is 4.79 Å². The molecular formula is C13H20O2. The second-order valence-corrected chi connectivity index (χ2v) is 4.89. The first-order valence-corrected chi connectivity index (χ1v) is 5.41. The van der Waals surface area contributed by atoms with E-state index in [1.807, 2.05) is 13.0 Å². The third-order valence-corrected chi connectivity index (χ3v) is 3.24. The molecular weight excluding hydrogens is 188 g/mol. The zero-order valence-electron chi connectivity index (χ0n) is 10.3. The van der Waals surface area contributed by atoms with Crippen molar-refractivity contribution in [2.24, 2.45) is 5.41 Å². The van der Waals surface area contributed by atoms with E-state index in [1.54, 1.807) is 0 Å². The Morgan fingerprint density at radius 2 is 2.07 bits per heavy atom. The minimum absolute atomic E-state index is 0.217. The number of hydrogen-bond donors (Lipinski definition) is 0. The van der Waals surface area contributed by atoms with Gasteiger partial charge in [0.05, 0.1) is 12.7 Å². The molecule has 0 bridgehead atoms. The van der Waals surface area contributed by atoms with Gasteiger partial charge in [-0.15, -0.1) is 0 Å². The lowest BCUT2D eigenvalue weighted by atomic mass is 9.76. The van der Waals surface area contributed by atoms with Crippen LogP contribution in [-0.2, 0) is 9.53 Å². The van der Waals surface area contributed by atoms with E-state index >= 15 is 0 Å². The molecule has 0 atom stereocenters. The van der Waals surface area contributed by atoms with Crippen molar-refractivity contribution in [3.63, 3.8) is 0 Å². The molecule has 0 fully saturated rings. The fourth-order valence-electron chi connectivity index (χ4n) is 1.63. The second kappa shape index (κ2) is 4.21. The minimum Gasteiger partial charge on any atom is -0.465 e. The summed E-state index contributed by atoms with van der Waals surface area (Å²) < 4.78 is 4.69. The van der Waals surface area contributed by atoms with Crippen LogP contribution in [0.5, 0.6) is 0 Å². The standard InChI is InChI=1S/C13H20O2/c1-6-13(3,4)8-10-7-11(9(10)2)12(14)15-5/h7H,6,8H2,1-5H3. The monoisotopic (exact) mass is 208 g/mol. The van der Waals surface area contributed by atoms with Gasteiger partial charge in [0.15, 0.2) is 0 Å². The highest BCUT2D eigenvalue weighted by Crippen LogP contribution is 2.38. The lowest BCUT2D eigenvalue weighted by Crippen LogP contribution is -2.18. The average Bonchev–Trinajstić information content (AvgIpc) is 2.22. The Morgan fingerprint density at radius 1 is 1.47 bits per heavy atom. The molecule has 1 rings (SSSR count). The molecule has 2 nitrogen and oxygen atoms in total. The maximum Gasteiger partial charge on any atom is 0.338 e. The molecule has 1 aliphatic carbocycles. The fraction of sp³-hybridized carbons (Fsp3) is 0.615. The zero-order valence-corrected chi connectivity index (χ0v) is 10.3. The molecule has 0 radical (unpaired) electrons. The van der Waals surface area contributed by atoms with Crippen LogP contribution in [0.3, 0.4) is 0 Å². The number of carbonyl (C=O) groups is 1. The molecule has 0 heterocycles. The van der Waals surface area contributed by atoms with Gasteiger partial charge >= 0.3 is 5.97 Å².